The predicted molar refractivity (Wildman–Crippen MR) is 132 cm³/mol. The first-order valence-corrected chi connectivity index (χ1v) is 12.7. The summed E-state index contributed by atoms with van der Waals surface area (Å²) >= 11 is 0. The third-order valence-corrected chi connectivity index (χ3v) is 7.20. The van der Waals surface area contributed by atoms with E-state index in [-0.39, 0.29) is 18.4 Å². The number of hydrogen-bond donors (Lipinski definition) is 1. The smallest absolute Gasteiger partial charge is 0.311 e. The molecule has 33 heavy (non-hydrogen) atoms. The number of carbonyl (C=O) groups is 2. The molecule has 0 aliphatic carbocycles. The number of carbonyl (C=O) groups excluding carboxylic acids is 1. The van der Waals surface area contributed by atoms with Crippen molar-refractivity contribution in [2.24, 2.45) is 11.8 Å². The van der Waals surface area contributed by atoms with Crippen LogP contribution in [-0.2, 0) is 16.0 Å². The van der Waals surface area contributed by atoms with Gasteiger partial charge in [0.25, 0.3) is 0 Å². The quantitative estimate of drug-likeness (QED) is 0.266. The van der Waals surface area contributed by atoms with Gasteiger partial charge in [0, 0.05) is 5.56 Å². The van der Waals surface area contributed by atoms with Gasteiger partial charge >= 0.3 is 11.9 Å². The van der Waals surface area contributed by atoms with E-state index in [1.807, 2.05) is 20.8 Å². The molecule has 5 heteroatoms. The predicted octanol–water partition coefficient (Wildman–Crippen LogP) is 7.10. The van der Waals surface area contributed by atoms with Gasteiger partial charge in [-0.1, -0.05) is 46.5 Å². The highest BCUT2D eigenvalue weighted by molar-refractivity contribution is 5.79. The van der Waals surface area contributed by atoms with Crippen LogP contribution in [0.4, 0.5) is 0 Å². The Morgan fingerprint density at radius 3 is 2.30 bits per heavy atom. The number of fused-ring (bicyclic) bond motifs is 1. The fraction of sp³-hybridized carbons (Fsp3) is 0.714. The van der Waals surface area contributed by atoms with Gasteiger partial charge in [-0.3, -0.25) is 9.59 Å². The van der Waals surface area contributed by atoms with E-state index in [1.54, 1.807) is 0 Å². The molecule has 0 amide bonds. The minimum Gasteiger partial charge on any atom is -0.487 e. The normalized spacial score (nSPS) is 18.5. The van der Waals surface area contributed by atoms with E-state index in [9.17, 15) is 9.59 Å². The standard InChI is InChI=1S/C28H44O5/c1-18(2)10-8-11-19(3)12-9-16-28(7)17-15-23-22(6)26(20(4)21(5)27(23)33-28)32-25(31)14-13-24(29)30/h18-19H,8-17H2,1-7H3,(H,29,30)/t19?,28-/m0/s1. The van der Waals surface area contributed by atoms with E-state index >= 15 is 0 Å². The van der Waals surface area contributed by atoms with E-state index < -0.39 is 11.9 Å². The summed E-state index contributed by atoms with van der Waals surface area (Å²) < 4.78 is 12.2. The van der Waals surface area contributed by atoms with E-state index in [2.05, 4.69) is 27.7 Å². The molecule has 1 aliphatic rings. The van der Waals surface area contributed by atoms with Crippen molar-refractivity contribution in [2.45, 2.75) is 118 Å². The molecular weight excluding hydrogens is 416 g/mol. The number of esters is 1. The molecule has 1 aromatic carbocycles. The fourth-order valence-electron chi connectivity index (χ4n) is 4.83. The van der Waals surface area contributed by atoms with Crippen LogP contribution >= 0.6 is 0 Å². The topological polar surface area (TPSA) is 72.8 Å². The van der Waals surface area contributed by atoms with Crippen LogP contribution in [0.3, 0.4) is 0 Å². The second kappa shape index (κ2) is 11.9. The first-order valence-electron chi connectivity index (χ1n) is 12.7. The molecule has 0 saturated heterocycles. The summed E-state index contributed by atoms with van der Waals surface area (Å²) in [7, 11) is 0. The average molecular weight is 461 g/mol. The lowest BCUT2D eigenvalue weighted by Crippen LogP contribution is -2.37. The SMILES string of the molecule is Cc1c(C)c2c(c(C)c1OC(=O)CCC(=O)O)CC[C@](C)(CCCC(C)CCCC(C)C)O2. The summed E-state index contributed by atoms with van der Waals surface area (Å²) in [4.78, 5) is 22.9. The molecular formula is C28H44O5. The first-order chi connectivity index (χ1) is 15.4. The second-order valence-corrected chi connectivity index (χ2v) is 10.8. The minimum absolute atomic E-state index is 0.130. The molecule has 1 heterocycles. The van der Waals surface area contributed by atoms with Crippen LogP contribution < -0.4 is 9.47 Å². The second-order valence-electron chi connectivity index (χ2n) is 10.8. The molecule has 186 valence electrons. The largest absolute Gasteiger partial charge is 0.487 e. The summed E-state index contributed by atoms with van der Waals surface area (Å²) in [5, 5.41) is 8.81. The van der Waals surface area contributed by atoms with E-state index in [0.717, 1.165) is 59.1 Å². The van der Waals surface area contributed by atoms with Crippen molar-refractivity contribution < 1.29 is 24.2 Å². The van der Waals surface area contributed by atoms with Crippen molar-refractivity contribution in [3.8, 4) is 11.5 Å². The summed E-state index contributed by atoms with van der Waals surface area (Å²) in [5.74, 6) is 1.54. The Morgan fingerprint density at radius 1 is 1.00 bits per heavy atom. The van der Waals surface area contributed by atoms with Crippen LogP contribution in [0.1, 0.15) is 108 Å². The monoisotopic (exact) mass is 460 g/mol. The van der Waals surface area contributed by atoms with Crippen molar-refractivity contribution in [1.82, 2.24) is 0 Å². The lowest BCUT2D eigenvalue weighted by atomic mass is 9.84. The summed E-state index contributed by atoms with van der Waals surface area (Å²) in [6, 6.07) is 0. The maximum Gasteiger partial charge on any atom is 0.311 e. The van der Waals surface area contributed by atoms with Gasteiger partial charge < -0.3 is 14.6 Å². The fourth-order valence-corrected chi connectivity index (χ4v) is 4.83. The lowest BCUT2D eigenvalue weighted by Gasteiger charge is -2.38. The van der Waals surface area contributed by atoms with Crippen LogP contribution in [0.25, 0.3) is 0 Å². The van der Waals surface area contributed by atoms with Crippen molar-refractivity contribution >= 4 is 11.9 Å². The Labute approximate surface area is 200 Å². The zero-order valence-corrected chi connectivity index (χ0v) is 21.8. The lowest BCUT2D eigenvalue weighted by molar-refractivity contribution is -0.142. The number of ether oxygens (including phenoxy) is 2. The number of aliphatic carboxylic acids is 1. The molecule has 0 bridgehead atoms. The van der Waals surface area contributed by atoms with Gasteiger partial charge in [-0.05, 0) is 81.9 Å². The number of rotatable bonds is 12. The molecule has 1 unspecified atom stereocenters. The van der Waals surface area contributed by atoms with E-state index in [0.29, 0.717) is 5.75 Å². The van der Waals surface area contributed by atoms with Crippen LogP contribution in [0, 0.1) is 32.6 Å². The average Bonchev–Trinajstić information content (AvgIpc) is 2.73. The van der Waals surface area contributed by atoms with Gasteiger partial charge in [0.2, 0.25) is 0 Å². The molecule has 1 N–H and O–H groups in total. The molecule has 0 radical (unpaired) electrons. The summed E-state index contributed by atoms with van der Waals surface area (Å²) in [6.45, 7) is 15.1. The van der Waals surface area contributed by atoms with Gasteiger partial charge in [0.15, 0.2) is 0 Å². The van der Waals surface area contributed by atoms with Crippen molar-refractivity contribution in [3.63, 3.8) is 0 Å². The minimum atomic E-state index is -1.00. The summed E-state index contributed by atoms with van der Waals surface area (Å²) in [6.07, 6.45) is 8.89. The molecule has 0 aromatic heterocycles. The van der Waals surface area contributed by atoms with Gasteiger partial charge in [-0.15, -0.1) is 0 Å². The molecule has 2 atom stereocenters. The Morgan fingerprint density at radius 2 is 1.67 bits per heavy atom. The first kappa shape index (κ1) is 27.2. The third kappa shape index (κ3) is 7.75. The number of carboxylic acids is 1. The van der Waals surface area contributed by atoms with Crippen molar-refractivity contribution in [2.75, 3.05) is 0 Å². The Balaban J connectivity index is 2.03. The van der Waals surface area contributed by atoms with Crippen molar-refractivity contribution in [1.29, 1.82) is 0 Å². The zero-order valence-electron chi connectivity index (χ0n) is 21.8. The molecule has 1 aromatic rings. The maximum atomic E-state index is 12.2. The number of carboxylic acid groups (broad SMARTS) is 1. The van der Waals surface area contributed by atoms with Gasteiger partial charge in [0.05, 0.1) is 12.8 Å². The summed E-state index contributed by atoms with van der Waals surface area (Å²) in [5.41, 5.74) is 3.76. The van der Waals surface area contributed by atoms with Crippen LogP contribution in [0.5, 0.6) is 11.5 Å². The Hall–Kier alpha value is -2.04. The Bertz CT molecular complexity index is 841. The maximum absolute atomic E-state index is 12.2. The number of hydrogen-bond acceptors (Lipinski definition) is 4. The third-order valence-electron chi connectivity index (χ3n) is 7.20. The zero-order chi connectivity index (χ0) is 24.8. The van der Waals surface area contributed by atoms with Crippen LogP contribution in [-0.4, -0.2) is 22.6 Å². The van der Waals surface area contributed by atoms with Gasteiger partial charge in [-0.25, -0.2) is 0 Å². The van der Waals surface area contributed by atoms with Crippen LogP contribution in [0.15, 0.2) is 0 Å². The van der Waals surface area contributed by atoms with Gasteiger partial charge in [0.1, 0.15) is 17.1 Å². The highest BCUT2D eigenvalue weighted by Gasteiger charge is 2.34. The molecule has 2 rings (SSSR count). The van der Waals surface area contributed by atoms with Gasteiger partial charge in [-0.2, -0.15) is 0 Å². The molecule has 5 nitrogen and oxygen atoms in total. The Kier molecular flexibility index (Phi) is 9.81. The molecule has 1 aliphatic heterocycles. The van der Waals surface area contributed by atoms with Crippen molar-refractivity contribution in [3.05, 3.63) is 22.3 Å². The number of benzene rings is 1. The highest BCUT2D eigenvalue weighted by Crippen LogP contribution is 2.45. The molecule has 0 spiro atoms. The molecule has 0 fully saturated rings. The van der Waals surface area contributed by atoms with E-state index in [4.69, 9.17) is 14.6 Å². The van der Waals surface area contributed by atoms with Crippen LogP contribution in [0.2, 0.25) is 0 Å². The molecule has 0 saturated carbocycles. The highest BCUT2D eigenvalue weighted by atomic mass is 16.5. The van der Waals surface area contributed by atoms with E-state index in [1.165, 1.54) is 32.1 Å².